The Morgan fingerprint density at radius 2 is 1.57 bits per heavy atom. The zero-order valence-corrected chi connectivity index (χ0v) is 15.7. The van der Waals surface area contributed by atoms with E-state index in [1.165, 1.54) is 0 Å². The van der Waals surface area contributed by atoms with Crippen LogP contribution in [0.15, 0.2) is 84.0 Å². The highest BCUT2D eigenvalue weighted by atomic mass is 16.5. The number of nitrogens with zero attached hydrogens (tertiary/aromatic N) is 1. The Bertz CT molecular complexity index is 939. The van der Waals surface area contributed by atoms with Gasteiger partial charge in [-0.1, -0.05) is 54.6 Å². The average molecular weight is 374 g/mol. The molecule has 3 rings (SSSR count). The number of amides is 1. The number of hydrazone groups is 1. The lowest BCUT2D eigenvalue weighted by Crippen LogP contribution is -2.18. The van der Waals surface area contributed by atoms with Crippen LogP contribution >= 0.6 is 0 Å². The van der Waals surface area contributed by atoms with E-state index in [0.717, 1.165) is 11.1 Å². The smallest absolute Gasteiger partial charge is 0.275 e. The van der Waals surface area contributed by atoms with Crippen LogP contribution in [0.3, 0.4) is 0 Å². The van der Waals surface area contributed by atoms with Gasteiger partial charge in [0.25, 0.3) is 5.91 Å². The number of rotatable bonds is 8. The van der Waals surface area contributed by atoms with E-state index in [9.17, 15) is 4.79 Å². The summed E-state index contributed by atoms with van der Waals surface area (Å²) in [6.45, 7) is 2.82. The molecule has 0 fully saturated rings. The summed E-state index contributed by atoms with van der Waals surface area (Å²) in [6, 6.07) is 24.5. The van der Waals surface area contributed by atoms with Gasteiger partial charge in [0.1, 0.15) is 18.1 Å². The minimum absolute atomic E-state index is 0.331. The Labute approximate surface area is 164 Å². The Kier molecular flexibility index (Phi) is 6.79. The molecule has 0 atom stereocenters. The molecule has 0 aliphatic carbocycles. The largest absolute Gasteiger partial charge is 0.493 e. The topological polar surface area (TPSA) is 59.9 Å². The number of carbonyl (C=O) groups excluding carboxylic acids is 1. The van der Waals surface area contributed by atoms with Crippen molar-refractivity contribution in [2.24, 2.45) is 5.10 Å². The quantitative estimate of drug-likeness (QED) is 0.469. The van der Waals surface area contributed by atoms with Crippen LogP contribution in [0.4, 0.5) is 0 Å². The summed E-state index contributed by atoms with van der Waals surface area (Å²) in [6.07, 6.45) is 1.57. The molecular weight excluding hydrogens is 352 g/mol. The minimum atomic E-state index is -0.331. The molecule has 0 saturated heterocycles. The Hall–Kier alpha value is -3.60. The third kappa shape index (κ3) is 5.20. The van der Waals surface area contributed by atoms with Crippen LogP contribution in [0.1, 0.15) is 28.4 Å². The first-order chi connectivity index (χ1) is 13.8. The molecule has 1 amide bonds. The van der Waals surface area contributed by atoms with E-state index >= 15 is 0 Å². The summed E-state index contributed by atoms with van der Waals surface area (Å²) >= 11 is 0. The van der Waals surface area contributed by atoms with Gasteiger partial charge in [-0.15, -0.1) is 0 Å². The van der Waals surface area contributed by atoms with Crippen molar-refractivity contribution in [2.75, 3.05) is 6.61 Å². The lowest BCUT2D eigenvalue weighted by molar-refractivity contribution is 0.0951. The Morgan fingerprint density at radius 3 is 2.36 bits per heavy atom. The predicted octanol–water partition coefficient (Wildman–Crippen LogP) is 4.43. The van der Waals surface area contributed by atoms with Gasteiger partial charge in [0.2, 0.25) is 0 Å². The lowest BCUT2D eigenvalue weighted by Gasteiger charge is -2.09. The summed E-state index contributed by atoms with van der Waals surface area (Å²) in [5, 5.41) is 4.07. The summed E-state index contributed by atoms with van der Waals surface area (Å²) in [4.78, 5) is 12.4. The van der Waals surface area contributed by atoms with E-state index in [2.05, 4.69) is 10.5 Å². The minimum Gasteiger partial charge on any atom is -0.493 e. The molecule has 1 N–H and O–H groups in total. The van der Waals surface area contributed by atoms with E-state index in [1.807, 2.05) is 67.6 Å². The van der Waals surface area contributed by atoms with E-state index in [1.54, 1.807) is 24.4 Å². The maximum Gasteiger partial charge on any atom is 0.275 e. The number of para-hydroxylation sites is 2. The zero-order valence-electron chi connectivity index (χ0n) is 15.7. The molecule has 0 radical (unpaired) electrons. The van der Waals surface area contributed by atoms with Gasteiger partial charge in [0.05, 0.1) is 18.4 Å². The van der Waals surface area contributed by atoms with Crippen molar-refractivity contribution >= 4 is 12.1 Å². The molecule has 0 saturated carbocycles. The molecule has 0 aliphatic heterocycles. The van der Waals surface area contributed by atoms with Crippen molar-refractivity contribution in [3.63, 3.8) is 0 Å². The van der Waals surface area contributed by atoms with Crippen molar-refractivity contribution in [1.29, 1.82) is 0 Å². The maximum atomic E-state index is 12.4. The second-order valence-corrected chi connectivity index (χ2v) is 5.94. The first-order valence-electron chi connectivity index (χ1n) is 9.09. The van der Waals surface area contributed by atoms with Crippen LogP contribution < -0.4 is 14.9 Å². The summed E-state index contributed by atoms with van der Waals surface area (Å²) in [5.74, 6) is 0.895. The summed E-state index contributed by atoms with van der Waals surface area (Å²) in [7, 11) is 0. The third-order valence-corrected chi connectivity index (χ3v) is 3.96. The van der Waals surface area contributed by atoms with E-state index in [0.29, 0.717) is 30.3 Å². The molecule has 3 aromatic carbocycles. The van der Waals surface area contributed by atoms with Crippen molar-refractivity contribution in [2.45, 2.75) is 13.5 Å². The summed E-state index contributed by atoms with van der Waals surface area (Å²) < 4.78 is 11.4. The lowest BCUT2D eigenvalue weighted by atomic mass is 10.2. The van der Waals surface area contributed by atoms with Crippen molar-refractivity contribution in [3.8, 4) is 11.5 Å². The molecule has 5 nitrogen and oxygen atoms in total. The fourth-order valence-corrected chi connectivity index (χ4v) is 2.61. The number of hydrogen-bond acceptors (Lipinski definition) is 4. The molecule has 28 heavy (non-hydrogen) atoms. The molecule has 3 aromatic rings. The van der Waals surface area contributed by atoms with Crippen LogP contribution in [-0.4, -0.2) is 18.7 Å². The van der Waals surface area contributed by atoms with Crippen molar-refractivity contribution in [3.05, 3.63) is 95.6 Å². The first kappa shape index (κ1) is 19.2. The fraction of sp³-hybridized carbons (Fsp3) is 0.130. The van der Waals surface area contributed by atoms with Gasteiger partial charge in [0, 0.05) is 5.56 Å². The van der Waals surface area contributed by atoms with Gasteiger partial charge in [-0.05, 0) is 36.8 Å². The van der Waals surface area contributed by atoms with Crippen molar-refractivity contribution in [1.82, 2.24) is 5.43 Å². The molecule has 0 aromatic heterocycles. The third-order valence-electron chi connectivity index (χ3n) is 3.96. The van der Waals surface area contributed by atoms with Gasteiger partial charge in [0.15, 0.2) is 0 Å². The van der Waals surface area contributed by atoms with Crippen LogP contribution in [0.5, 0.6) is 11.5 Å². The second-order valence-electron chi connectivity index (χ2n) is 5.94. The van der Waals surface area contributed by atoms with E-state index in [-0.39, 0.29) is 5.91 Å². The molecule has 0 aliphatic rings. The first-order valence-corrected chi connectivity index (χ1v) is 9.09. The Morgan fingerprint density at radius 1 is 0.893 bits per heavy atom. The van der Waals surface area contributed by atoms with Crippen LogP contribution in [0, 0.1) is 0 Å². The summed E-state index contributed by atoms with van der Waals surface area (Å²) in [5.41, 5.74) is 4.84. The number of nitrogens with one attached hydrogen (secondary N) is 1. The van der Waals surface area contributed by atoms with Crippen LogP contribution in [0.2, 0.25) is 0 Å². The standard InChI is InChI=1S/C23H22N2O3/c1-2-27-22-15-9-7-13-20(22)23(26)25-24-16-19-12-6-8-14-21(19)28-17-18-10-4-3-5-11-18/h3-16H,2,17H2,1H3,(H,25,26). The van der Waals surface area contributed by atoms with Crippen LogP contribution in [0.25, 0.3) is 0 Å². The predicted molar refractivity (Wildman–Crippen MR) is 110 cm³/mol. The fourth-order valence-electron chi connectivity index (χ4n) is 2.61. The monoisotopic (exact) mass is 374 g/mol. The molecule has 142 valence electrons. The highest BCUT2D eigenvalue weighted by molar-refractivity contribution is 5.97. The second kappa shape index (κ2) is 9.92. The molecule has 5 heteroatoms. The number of carbonyl (C=O) groups is 1. The van der Waals surface area contributed by atoms with E-state index in [4.69, 9.17) is 9.47 Å². The molecule has 0 unspecified atom stereocenters. The van der Waals surface area contributed by atoms with E-state index < -0.39 is 0 Å². The average Bonchev–Trinajstić information content (AvgIpc) is 2.74. The van der Waals surface area contributed by atoms with Crippen molar-refractivity contribution < 1.29 is 14.3 Å². The SMILES string of the molecule is CCOc1ccccc1C(=O)NN=Cc1ccccc1OCc1ccccc1. The Balaban J connectivity index is 1.65. The van der Waals surface area contributed by atoms with Crippen LogP contribution in [-0.2, 0) is 6.61 Å². The highest BCUT2D eigenvalue weighted by Crippen LogP contribution is 2.19. The maximum absolute atomic E-state index is 12.4. The van der Waals surface area contributed by atoms with Gasteiger partial charge < -0.3 is 9.47 Å². The molecular formula is C23H22N2O3. The van der Waals surface area contributed by atoms with Gasteiger partial charge >= 0.3 is 0 Å². The number of hydrogen-bond donors (Lipinski definition) is 1. The molecule has 0 heterocycles. The number of benzene rings is 3. The van der Waals surface area contributed by atoms with Gasteiger partial charge in [-0.25, -0.2) is 5.43 Å². The molecule has 0 bridgehead atoms. The number of ether oxygens (including phenoxy) is 2. The zero-order chi connectivity index (χ0) is 19.6. The van der Waals surface area contributed by atoms with Gasteiger partial charge in [-0.3, -0.25) is 4.79 Å². The normalized spacial score (nSPS) is 10.6. The molecule has 0 spiro atoms. The highest BCUT2D eigenvalue weighted by Gasteiger charge is 2.10. The van der Waals surface area contributed by atoms with Gasteiger partial charge in [-0.2, -0.15) is 5.10 Å².